The fourth-order valence-electron chi connectivity index (χ4n) is 3.51. The summed E-state index contributed by atoms with van der Waals surface area (Å²) in [5.74, 6) is 0.349. The van der Waals surface area contributed by atoms with Crippen molar-refractivity contribution in [1.29, 1.82) is 5.41 Å². The third kappa shape index (κ3) is 2.62. The van der Waals surface area contributed by atoms with Crippen molar-refractivity contribution < 1.29 is 0 Å². The SMILES string of the molecule is Cc1nc2c(cc1-c1cccnc1)C(=N)CC(c1ccccc1)C2. The number of fused-ring (bicyclic) bond motifs is 1. The predicted octanol–water partition coefficient (Wildman–Crippen LogP) is 4.55. The van der Waals surface area contributed by atoms with Crippen LogP contribution in [0.25, 0.3) is 11.1 Å². The summed E-state index contributed by atoms with van der Waals surface area (Å²) >= 11 is 0. The summed E-state index contributed by atoms with van der Waals surface area (Å²) in [4.78, 5) is 9.05. The van der Waals surface area contributed by atoms with E-state index >= 15 is 0 Å². The second-order valence-corrected chi connectivity index (χ2v) is 6.35. The van der Waals surface area contributed by atoms with Crippen LogP contribution >= 0.6 is 0 Å². The number of hydrogen-bond acceptors (Lipinski definition) is 3. The van der Waals surface area contributed by atoms with E-state index in [9.17, 15) is 0 Å². The Hall–Kier alpha value is -2.81. The maximum atomic E-state index is 8.52. The molecule has 1 N–H and O–H groups in total. The molecule has 0 spiro atoms. The summed E-state index contributed by atoms with van der Waals surface area (Å²) in [5.41, 5.74) is 7.15. The van der Waals surface area contributed by atoms with Crippen LogP contribution in [0, 0.1) is 12.3 Å². The van der Waals surface area contributed by atoms with Crippen molar-refractivity contribution in [2.24, 2.45) is 0 Å². The molecular weight excluding hydrogens is 294 g/mol. The average molecular weight is 313 g/mol. The Morgan fingerprint density at radius 2 is 1.83 bits per heavy atom. The standard InChI is InChI=1S/C21H19N3/c1-14-18(16-8-5-9-23-13-16)12-19-20(22)10-17(11-21(19)24-14)15-6-3-2-4-7-15/h2-9,12-13,17,22H,10-11H2,1H3. The number of aromatic nitrogens is 2. The van der Waals surface area contributed by atoms with Gasteiger partial charge in [0.15, 0.2) is 0 Å². The second kappa shape index (κ2) is 6.00. The molecule has 118 valence electrons. The summed E-state index contributed by atoms with van der Waals surface area (Å²) in [6.07, 6.45) is 5.30. The molecule has 0 amide bonds. The quantitative estimate of drug-likeness (QED) is 0.754. The summed E-state index contributed by atoms with van der Waals surface area (Å²) < 4.78 is 0. The lowest BCUT2D eigenvalue weighted by atomic mass is 9.80. The number of rotatable bonds is 2. The first-order valence-electron chi connectivity index (χ1n) is 8.26. The molecule has 1 aliphatic rings. The van der Waals surface area contributed by atoms with E-state index in [0.717, 1.165) is 40.9 Å². The van der Waals surface area contributed by atoms with Crippen molar-refractivity contribution in [2.75, 3.05) is 0 Å². The molecule has 0 bridgehead atoms. The van der Waals surface area contributed by atoms with Gasteiger partial charge in [0.25, 0.3) is 0 Å². The maximum Gasteiger partial charge on any atom is 0.0503 e. The van der Waals surface area contributed by atoms with Gasteiger partial charge in [0, 0.05) is 40.5 Å². The highest BCUT2D eigenvalue weighted by molar-refractivity contribution is 6.01. The third-order valence-corrected chi connectivity index (χ3v) is 4.75. The highest BCUT2D eigenvalue weighted by Gasteiger charge is 2.26. The molecule has 0 fully saturated rings. The zero-order chi connectivity index (χ0) is 16.5. The first-order chi connectivity index (χ1) is 11.7. The van der Waals surface area contributed by atoms with Crippen molar-refractivity contribution in [3.8, 4) is 11.1 Å². The molecule has 1 aliphatic carbocycles. The Morgan fingerprint density at radius 3 is 2.58 bits per heavy atom. The van der Waals surface area contributed by atoms with Gasteiger partial charge in [0.1, 0.15) is 0 Å². The van der Waals surface area contributed by atoms with Crippen LogP contribution in [0.5, 0.6) is 0 Å². The van der Waals surface area contributed by atoms with Crippen molar-refractivity contribution in [3.05, 3.63) is 83.4 Å². The van der Waals surface area contributed by atoms with Gasteiger partial charge in [-0.05, 0) is 43.4 Å². The zero-order valence-corrected chi connectivity index (χ0v) is 13.7. The number of aryl methyl sites for hydroxylation is 1. The molecule has 1 aromatic carbocycles. The van der Waals surface area contributed by atoms with Crippen LogP contribution < -0.4 is 0 Å². The minimum Gasteiger partial charge on any atom is -0.305 e. The Balaban J connectivity index is 1.75. The zero-order valence-electron chi connectivity index (χ0n) is 13.7. The van der Waals surface area contributed by atoms with Gasteiger partial charge >= 0.3 is 0 Å². The first-order valence-corrected chi connectivity index (χ1v) is 8.26. The van der Waals surface area contributed by atoms with Crippen LogP contribution in [0.3, 0.4) is 0 Å². The van der Waals surface area contributed by atoms with Gasteiger partial charge in [-0.1, -0.05) is 36.4 Å². The summed E-state index contributed by atoms with van der Waals surface area (Å²) in [7, 11) is 0. The fourth-order valence-corrected chi connectivity index (χ4v) is 3.51. The second-order valence-electron chi connectivity index (χ2n) is 6.35. The van der Waals surface area contributed by atoms with E-state index in [2.05, 4.69) is 35.3 Å². The van der Waals surface area contributed by atoms with Crippen molar-refractivity contribution in [3.63, 3.8) is 0 Å². The number of pyridine rings is 2. The number of benzene rings is 1. The molecule has 2 heterocycles. The van der Waals surface area contributed by atoms with E-state index < -0.39 is 0 Å². The van der Waals surface area contributed by atoms with Crippen LogP contribution in [0.2, 0.25) is 0 Å². The Morgan fingerprint density at radius 1 is 1.00 bits per heavy atom. The molecule has 3 heteroatoms. The fraction of sp³-hybridized carbons (Fsp3) is 0.190. The Bertz CT molecular complexity index is 886. The topological polar surface area (TPSA) is 49.6 Å². The highest BCUT2D eigenvalue weighted by atomic mass is 14.7. The lowest BCUT2D eigenvalue weighted by Gasteiger charge is -2.26. The lowest BCUT2D eigenvalue weighted by Crippen LogP contribution is -2.20. The van der Waals surface area contributed by atoms with Gasteiger partial charge in [0.2, 0.25) is 0 Å². The monoisotopic (exact) mass is 313 g/mol. The Kier molecular flexibility index (Phi) is 3.69. The number of nitrogens with zero attached hydrogens (tertiary/aromatic N) is 2. The maximum absolute atomic E-state index is 8.52. The molecule has 0 radical (unpaired) electrons. The average Bonchev–Trinajstić information content (AvgIpc) is 2.62. The minimum atomic E-state index is 0.349. The molecule has 1 atom stereocenters. The van der Waals surface area contributed by atoms with Gasteiger partial charge in [-0.15, -0.1) is 0 Å². The largest absolute Gasteiger partial charge is 0.305 e. The molecule has 2 aromatic heterocycles. The molecule has 0 aliphatic heterocycles. The van der Waals surface area contributed by atoms with Gasteiger partial charge in [-0.25, -0.2) is 0 Å². The van der Waals surface area contributed by atoms with Crippen molar-refractivity contribution >= 4 is 5.71 Å². The third-order valence-electron chi connectivity index (χ3n) is 4.75. The lowest BCUT2D eigenvalue weighted by molar-refractivity contribution is 0.676. The van der Waals surface area contributed by atoms with E-state index in [-0.39, 0.29) is 0 Å². The minimum absolute atomic E-state index is 0.349. The summed E-state index contributed by atoms with van der Waals surface area (Å²) in [6.45, 7) is 2.04. The van der Waals surface area contributed by atoms with Gasteiger partial charge in [0.05, 0.1) is 5.69 Å². The van der Waals surface area contributed by atoms with Gasteiger partial charge < -0.3 is 5.41 Å². The Labute approximate surface area is 141 Å². The molecular formula is C21H19N3. The van der Waals surface area contributed by atoms with Crippen LogP contribution in [-0.2, 0) is 6.42 Å². The molecule has 4 rings (SSSR count). The van der Waals surface area contributed by atoms with Crippen LogP contribution in [-0.4, -0.2) is 15.7 Å². The molecule has 0 saturated heterocycles. The van der Waals surface area contributed by atoms with Crippen molar-refractivity contribution in [1.82, 2.24) is 9.97 Å². The summed E-state index contributed by atoms with van der Waals surface area (Å²) in [5, 5.41) is 8.52. The molecule has 0 saturated carbocycles. The van der Waals surface area contributed by atoms with Crippen LogP contribution in [0.4, 0.5) is 0 Å². The van der Waals surface area contributed by atoms with Crippen LogP contribution in [0.15, 0.2) is 60.9 Å². The van der Waals surface area contributed by atoms with E-state index in [0.29, 0.717) is 11.6 Å². The molecule has 1 unspecified atom stereocenters. The van der Waals surface area contributed by atoms with E-state index in [1.54, 1.807) is 6.20 Å². The first kappa shape index (κ1) is 14.8. The number of nitrogens with one attached hydrogen (secondary N) is 1. The van der Waals surface area contributed by atoms with E-state index in [1.165, 1.54) is 5.56 Å². The van der Waals surface area contributed by atoms with Gasteiger partial charge in [-0.2, -0.15) is 0 Å². The molecule has 3 aromatic rings. The van der Waals surface area contributed by atoms with Crippen molar-refractivity contribution in [2.45, 2.75) is 25.7 Å². The smallest absolute Gasteiger partial charge is 0.0503 e. The van der Waals surface area contributed by atoms with Crippen LogP contribution in [0.1, 0.15) is 34.9 Å². The number of hydrogen-bond donors (Lipinski definition) is 1. The molecule has 3 nitrogen and oxygen atoms in total. The predicted molar refractivity (Wildman–Crippen MR) is 96.5 cm³/mol. The summed E-state index contributed by atoms with van der Waals surface area (Å²) in [6, 6.07) is 16.6. The molecule has 24 heavy (non-hydrogen) atoms. The van der Waals surface area contributed by atoms with Gasteiger partial charge in [-0.3, -0.25) is 9.97 Å². The van der Waals surface area contributed by atoms with E-state index in [4.69, 9.17) is 10.4 Å². The highest BCUT2D eigenvalue weighted by Crippen LogP contribution is 2.34. The normalized spacial score (nSPS) is 16.7. The van der Waals surface area contributed by atoms with E-state index in [1.807, 2.05) is 31.3 Å².